The molecule has 0 aliphatic carbocycles. The highest BCUT2D eigenvalue weighted by Gasteiger charge is 2.02. The molecule has 0 saturated heterocycles. The topological polar surface area (TPSA) is 45.6 Å². The van der Waals surface area contributed by atoms with E-state index >= 15 is 0 Å². The maximum atomic E-state index is 4.21. The first-order chi connectivity index (χ1) is 9.36. The molecule has 2 heterocycles. The summed E-state index contributed by atoms with van der Waals surface area (Å²) >= 11 is 0. The molecular formula is C15H18N4. The summed E-state index contributed by atoms with van der Waals surface area (Å²) in [6.45, 7) is 4.00. The monoisotopic (exact) mass is 254 g/mol. The predicted octanol–water partition coefficient (Wildman–Crippen LogP) is 3.39. The van der Waals surface area contributed by atoms with Crippen LogP contribution in [0.25, 0.3) is 10.9 Å². The van der Waals surface area contributed by atoms with Crippen molar-refractivity contribution in [3.05, 3.63) is 48.7 Å². The molecule has 0 bridgehead atoms. The van der Waals surface area contributed by atoms with Crippen LogP contribution in [0.5, 0.6) is 0 Å². The summed E-state index contributed by atoms with van der Waals surface area (Å²) in [5.74, 6) is 0. The number of nitrogens with one attached hydrogen (secondary N) is 2. The number of fused-ring (bicyclic) bond motifs is 1. The molecule has 98 valence electrons. The molecule has 0 spiro atoms. The molecule has 19 heavy (non-hydrogen) atoms. The zero-order chi connectivity index (χ0) is 13.1. The average Bonchev–Trinajstić information content (AvgIpc) is 3.05. The summed E-state index contributed by atoms with van der Waals surface area (Å²) in [6, 6.07) is 8.44. The van der Waals surface area contributed by atoms with E-state index in [1.165, 1.54) is 16.6 Å². The van der Waals surface area contributed by atoms with Gasteiger partial charge in [-0.15, -0.1) is 0 Å². The van der Waals surface area contributed by atoms with Crippen molar-refractivity contribution in [3.63, 3.8) is 0 Å². The zero-order valence-corrected chi connectivity index (χ0v) is 11.1. The summed E-state index contributed by atoms with van der Waals surface area (Å²) in [5, 5.41) is 4.68. The predicted molar refractivity (Wildman–Crippen MR) is 78.1 cm³/mol. The van der Waals surface area contributed by atoms with Gasteiger partial charge in [0.1, 0.15) is 0 Å². The number of aryl methyl sites for hydroxylation is 1. The summed E-state index contributed by atoms with van der Waals surface area (Å²) < 4.78 is 2.20. The van der Waals surface area contributed by atoms with Crippen molar-refractivity contribution >= 4 is 16.6 Å². The number of hydrogen-bond acceptors (Lipinski definition) is 2. The molecule has 3 rings (SSSR count). The average molecular weight is 254 g/mol. The van der Waals surface area contributed by atoms with Gasteiger partial charge in [0.05, 0.1) is 18.6 Å². The molecule has 0 aliphatic rings. The molecule has 0 atom stereocenters. The van der Waals surface area contributed by atoms with Crippen LogP contribution in [0.3, 0.4) is 0 Å². The van der Waals surface area contributed by atoms with Crippen molar-refractivity contribution in [1.29, 1.82) is 0 Å². The Morgan fingerprint density at radius 1 is 1.32 bits per heavy atom. The second-order valence-electron chi connectivity index (χ2n) is 4.71. The number of benzene rings is 1. The molecule has 0 saturated carbocycles. The standard InChI is InChI=1S/C15H18N4/c1-2-7-19-11-16-9-14(19)10-18-13-3-4-15-12(8-13)5-6-17-15/h3-6,8-9,11,17-18H,2,7,10H2,1H3. The van der Waals surface area contributed by atoms with E-state index in [9.17, 15) is 0 Å². The number of anilines is 1. The second kappa shape index (κ2) is 5.18. The van der Waals surface area contributed by atoms with Crippen LogP contribution in [-0.4, -0.2) is 14.5 Å². The van der Waals surface area contributed by atoms with Gasteiger partial charge in [-0.25, -0.2) is 4.98 Å². The van der Waals surface area contributed by atoms with Crippen LogP contribution < -0.4 is 5.32 Å². The number of H-pyrrole nitrogens is 1. The zero-order valence-electron chi connectivity index (χ0n) is 11.1. The van der Waals surface area contributed by atoms with Crippen LogP contribution in [0.2, 0.25) is 0 Å². The maximum absolute atomic E-state index is 4.21. The lowest BCUT2D eigenvalue weighted by atomic mass is 10.2. The Bertz CT molecular complexity index is 665. The molecule has 1 aromatic carbocycles. The van der Waals surface area contributed by atoms with E-state index in [1.807, 2.05) is 18.7 Å². The minimum atomic E-state index is 0.802. The Labute approximate surface area is 112 Å². The number of hydrogen-bond donors (Lipinski definition) is 2. The summed E-state index contributed by atoms with van der Waals surface area (Å²) in [7, 11) is 0. The van der Waals surface area contributed by atoms with Gasteiger partial charge in [-0.05, 0) is 30.7 Å². The van der Waals surface area contributed by atoms with Gasteiger partial charge >= 0.3 is 0 Å². The van der Waals surface area contributed by atoms with E-state index in [0.717, 1.165) is 25.2 Å². The van der Waals surface area contributed by atoms with Gasteiger partial charge in [0.25, 0.3) is 0 Å². The second-order valence-corrected chi connectivity index (χ2v) is 4.71. The first kappa shape index (κ1) is 11.8. The van der Waals surface area contributed by atoms with E-state index in [1.54, 1.807) is 0 Å². The highest BCUT2D eigenvalue weighted by Crippen LogP contribution is 2.18. The fourth-order valence-electron chi connectivity index (χ4n) is 2.29. The molecule has 0 amide bonds. The van der Waals surface area contributed by atoms with Crippen molar-refractivity contribution < 1.29 is 0 Å². The van der Waals surface area contributed by atoms with Crippen molar-refractivity contribution in [2.75, 3.05) is 5.32 Å². The third-order valence-electron chi connectivity index (χ3n) is 3.29. The number of aromatic amines is 1. The molecule has 3 aromatic rings. The van der Waals surface area contributed by atoms with Gasteiger partial charge in [0, 0.05) is 35.5 Å². The van der Waals surface area contributed by atoms with Crippen LogP contribution in [0.4, 0.5) is 5.69 Å². The van der Waals surface area contributed by atoms with E-state index < -0.39 is 0 Å². The maximum Gasteiger partial charge on any atom is 0.0948 e. The first-order valence-corrected chi connectivity index (χ1v) is 6.67. The summed E-state index contributed by atoms with van der Waals surface area (Å²) in [6.07, 6.45) is 6.91. The number of nitrogens with zero attached hydrogens (tertiary/aromatic N) is 2. The lowest BCUT2D eigenvalue weighted by Gasteiger charge is -2.09. The molecule has 2 N–H and O–H groups in total. The third kappa shape index (κ3) is 2.47. The quantitative estimate of drug-likeness (QED) is 0.733. The molecule has 0 unspecified atom stereocenters. The highest BCUT2D eigenvalue weighted by molar-refractivity contribution is 5.82. The van der Waals surface area contributed by atoms with E-state index in [2.05, 4.69) is 51.0 Å². The Hall–Kier alpha value is -2.23. The van der Waals surface area contributed by atoms with Crippen LogP contribution >= 0.6 is 0 Å². The largest absolute Gasteiger partial charge is 0.379 e. The minimum absolute atomic E-state index is 0.802. The van der Waals surface area contributed by atoms with Crippen LogP contribution in [0.15, 0.2) is 43.0 Å². The summed E-state index contributed by atoms with van der Waals surface area (Å²) in [5.41, 5.74) is 3.52. The van der Waals surface area contributed by atoms with Gasteiger partial charge in [0.15, 0.2) is 0 Å². The smallest absolute Gasteiger partial charge is 0.0948 e. The van der Waals surface area contributed by atoms with Crippen molar-refractivity contribution in [2.24, 2.45) is 0 Å². The normalized spacial score (nSPS) is 11.0. The molecule has 0 radical (unpaired) electrons. The fourth-order valence-corrected chi connectivity index (χ4v) is 2.29. The van der Waals surface area contributed by atoms with Crippen molar-refractivity contribution in [1.82, 2.24) is 14.5 Å². The van der Waals surface area contributed by atoms with Gasteiger partial charge in [-0.1, -0.05) is 6.92 Å². The molecular weight excluding hydrogens is 236 g/mol. The Kier molecular flexibility index (Phi) is 3.23. The van der Waals surface area contributed by atoms with E-state index in [-0.39, 0.29) is 0 Å². The fraction of sp³-hybridized carbons (Fsp3) is 0.267. The number of imidazole rings is 1. The van der Waals surface area contributed by atoms with Crippen LogP contribution in [-0.2, 0) is 13.1 Å². The van der Waals surface area contributed by atoms with Gasteiger partial charge in [0.2, 0.25) is 0 Å². The van der Waals surface area contributed by atoms with Gasteiger partial charge < -0.3 is 14.9 Å². The van der Waals surface area contributed by atoms with Gasteiger partial charge in [-0.2, -0.15) is 0 Å². The third-order valence-corrected chi connectivity index (χ3v) is 3.29. The molecule has 4 nitrogen and oxygen atoms in total. The van der Waals surface area contributed by atoms with Crippen LogP contribution in [0.1, 0.15) is 19.0 Å². The SMILES string of the molecule is CCCn1cncc1CNc1ccc2[nH]ccc2c1. The number of aromatic nitrogens is 3. The van der Waals surface area contributed by atoms with Gasteiger partial charge in [-0.3, -0.25) is 0 Å². The van der Waals surface area contributed by atoms with Crippen molar-refractivity contribution in [3.8, 4) is 0 Å². The molecule has 0 fully saturated rings. The first-order valence-electron chi connectivity index (χ1n) is 6.67. The Balaban J connectivity index is 1.72. The summed E-state index contributed by atoms with van der Waals surface area (Å²) in [4.78, 5) is 7.41. The van der Waals surface area contributed by atoms with E-state index in [0.29, 0.717) is 0 Å². The Morgan fingerprint density at radius 2 is 2.26 bits per heavy atom. The minimum Gasteiger partial charge on any atom is -0.379 e. The van der Waals surface area contributed by atoms with E-state index in [4.69, 9.17) is 0 Å². The number of rotatable bonds is 5. The molecule has 2 aromatic heterocycles. The molecule has 4 heteroatoms. The van der Waals surface area contributed by atoms with Crippen LogP contribution in [0, 0.1) is 0 Å². The molecule has 0 aliphatic heterocycles. The van der Waals surface area contributed by atoms with Crippen molar-refractivity contribution in [2.45, 2.75) is 26.4 Å². The highest BCUT2D eigenvalue weighted by atomic mass is 15.1. The lowest BCUT2D eigenvalue weighted by molar-refractivity contribution is 0.651. The lowest BCUT2D eigenvalue weighted by Crippen LogP contribution is -2.06. The Morgan fingerprint density at radius 3 is 3.16 bits per heavy atom.